The molecule has 0 unspecified atom stereocenters. The lowest BCUT2D eigenvalue weighted by molar-refractivity contribution is 0.0600. The van der Waals surface area contributed by atoms with E-state index in [9.17, 15) is 9.59 Å². The summed E-state index contributed by atoms with van der Waals surface area (Å²) in [5.74, 6) is 0.300. The molecule has 0 saturated heterocycles. The third kappa shape index (κ3) is 3.46. The fourth-order valence-electron chi connectivity index (χ4n) is 2.11. The second kappa shape index (κ2) is 6.55. The Labute approximate surface area is 140 Å². The predicted molar refractivity (Wildman–Crippen MR) is 92.3 cm³/mol. The number of nitrogens with zero attached hydrogens (tertiary/aromatic N) is 1. The van der Waals surface area contributed by atoms with E-state index in [4.69, 9.17) is 0 Å². The molecule has 2 aromatic heterocycles. The Kier molecular flexibility index (Phi) is 4.49. The average molecular weight is 346 g/mol. The van der Waals surface area contributed by atoms with Crippen LogP contribution in [0.25, 0.3) is 10.2 Å². The van der Waals surface area contributed by atoms with E-state index in [2.05, 4.69) is 14.7 Å². The maximum atomic E-state index is 12.0. The van der Waals surface area contributed by atoms with Crippen molar-refractivity contribution in [3.05, 3.63) is 56.7 Å². The van der Waals surface area contributed by atoms with E-state index in [0.29, 0.717) is 21.9 Å². The Hall–Kier alpha value is -2.12. The monoisotopic (exact) mass is 346 g/mol. The minimum absolute atomic E-state index is 0.108. The van der Waals surface area contributed by atoms with Gasteiger partial charge in [-0.05, 0) is 30.7 Å². The number of H-pyrrole nitrogens is 1. The number of hydrogen-bond acceptors (Lipinski definition) is 6. The zero-order valence-electron chi connectivity index (χ0n) is 12.6. The molecule has 0 amide bonds. The van der Waals surface area contributed by atoms with E-state index >= 15 is 0 Å². The number of nitrogens with one attached hydrogen (secondary N) is 1. The summed E-state index contributed by atoms with van der Waals surface area (Å²) in [5, 5.41) is 1.24. The Morgan fingerprint density at radius 3 is 2.78 bits per heavy atom. The van der Waals surface area contributed by atoms with Gasteiger partial charge in [0.15, 0.2) is 5.16 Å². The average Bonchev–Trinajstić information content (AvgIpc) is 2.93. The predicted octanol–water partition coefficient (Wildman–Crippen LogP) is 3.37. The minimum Gasteiger partial charge on any atom is -0.465 e. The van der Waals surface area contributed by atoms with Crippen LogP contribution in [0.3, 0.4) is 0 Å². The van der Waals surface area contributed by atoms with Crippen molar-refractivity contribution in [2.24, 2.45) is 0 Å². The quantitative estimate of drug-likeness (QED) is 0.445. The first-order valence-corrected chi connectivity index (χ1v) is 8.67. The van der Waals surface area contributed by atoms with Crippen molar-refractivity contribution in [3.8, 4) is 0 Å². The molecule has 0 bridgehead atoms. The molecule has 0 radical (unpaired) electrons. The smallest absolute Gasteiger partial charge is 0.337 e. The number of aryl methyl sites for hydroxylation is 1. The van der Waals surface area contributed by atoms with E-state index in [-0.39, 0.29) is 11.5 Å². The van der Waals surface area contributed by atoms with Gasteiger partial charge in [0.1, 0.15) is 4.83 Å². The van der Waals surface area contributed by atoms with Crippen LogP contribution in [0.5, 0.6) is 0 Å². The molecule has 0 aliphatic rings. The second-order valence-electron chi connectivity index (χ2n) is 4.92. The zero-order valence-corrected chi connectivity index (χ0v) is 14.2. The molecule has 118 valence electrons. The molecule has 0 atom stereocenters. The van der Waals surface area contributed by atoms with E-state index in [0.717, 1.165) is 15.3 Å². The highest BCUT2D eigenvalue weighted by atomic mass is 32.2. The summed E-state index contributed by atoms with van der Waals surface area (Å²) in [7, 11) is 1.36. The third-order valence-electron chi connectivity index (χ3n) is 3.25. The van der Waals surface area contributed by atoms with Crippen molar-refractivity contribution in [1.82, 2.24) is 9.97 Å². The van der Waals surface area contributed by atoms with Gasteiger partial charge in [0.2, 0.25) is 0 Å². The van der Waals surface area contributed by atoms with E-state index in [1.807, 2.05) is 25.1 Å². The van der Waals surface area contributed by atoms with Crippen LogP contribution in [0, 0.1) is 6.92 Å². The number of ether oxygens (including phenoxy) is 1. The first-order chi connectivity index (χ1) is 11.1. The SMILES string of the molecule is COC(=O)c1ccc(CSc2nc3sc(C)cc3c(=O)[nH]2)cc1. The van der Waals surface area contributed by atoms with Gasteiger partial charge in [0.05, 0.1) is 18.1 Å². The van der Waals surface area contributed by atoms with E-state index < -0.39 is 0 Å². The Balaban J connectivity index is 1.75. The number of carbonyl (C=O) groups excluding carboxylic acids is 1. The van der Waals surface area contributed by atoms with Crippen LogP contribution < -0.4 is 5.56 Å². The lowest BCUT2D eigenvalue weighted by Gasteiger charge is -2.03. The molecule has 7 heteroatoms. The maximum Gasteiger partial charge on any atom is 0.337 e. The number of aromatic amines is 1. The van der Waals surface area contributed by atoms with Crippen molar-refractivity contribution in [1.29, 1.82) is 0 Å². The van der Waals surface area contributed by atoms with Gasteiger partial charge in [-0.25, -0.2) is 9.78 Å². The van der Waals surface area contributed by atoms with Crippen molar-refractivity contribution < 1.29 is 9.53 Å². The number of fused-ring (bicyclic) bond motifs is 1. The molecule has 1 aromatic carbocycles. The number of carbonyl (C=O) groups is 1. The summed E-state index contributed by atoms with van der Waals surface area (Å²) in [6.07, 6.45) is 0. The van der Waals surface area contributed by atoms with Gasteiger partial charge in [-0.3, -0.25) is 4.79 Å². The largest absolute Gasteiger partial charge is 0.465 e. The molecule has 3 rings (SSSR count). The summed E-state index contributed by atoms with van der Waals surface area (Å²) >= 11 is 2.97. The van der Waals surface area contributed by atoms with E-state index in [1.54, 1.807) is 12.1 Å². The lowest BCUT2D eigenvalue weighted by Crippen LogP contribution is -2.07. The van der Waals surface area contributed by atoms with Gasteiger partial charge in [-0.2, -0.15) is 0 Å². The van der Waals surface area contributed by atoms with Gasteiger partial charge < -0.3 is 9.72 Å². The highest BCUT2D eigenvalue weighted by Crippen LogP contribution is 2.24. The molecule has 5 nitrogen and oxygen atoms in total. The molecule has 0 spiro atoms. The highest BCUT2D eigenvalue weighted by Gasteiger charge is 2.08. The Bertz CT molecular complexity index is 913. The van der Waals surface area contributed by atoms with Gasteiger partial charge in [-0.15, -0.1) is 11.3 Å². The first kappa shape index (κ1) is 15.8. The molecule has 1 N–H and O–H groups in total. The van der Waals surface area contributed by atoms with Crippen LogP contribution in [0.1, 0.15) is 20.8 Å². The fourth-order valence-corrected chi connectivity index (χ4v) is 3.86. The molecular weight excluding hydrogens is 332 g/mol. The molecule has 2 heterocycles. The molecule has 0 fully saturated rings. The number of methoxy groups -OCH3 is 1. The van der Waals surface area contributed by atoms with Gasteiger partial charge in [0.25, 0.3) is 5.56 Å². The number of aromatic nitrogens is 2. The number of esters is 1. The number of rotatable bonds is 4. The first-order valence-electron chi connectivity index (χ1n) is 6.87. The van der Waals surface area contributed by atoms with Crippen LogP contribution in [0.2, 0.25) is 0 Å². The third-order valence-corrected chi connectivity index (χ3v) is 5.14. The number of hydrogen-bond donors (Lipinski definition) is 1. The van der Waals surface area contributed by atoms with Crippen molar-refractivity contribution in [3.63, 3.8) is 0 Å². The summed E-state index contributed by atoms with van der Waals surface area (Å²) in [6.45, 7) is 1.96. The Morgan fingerprint density at radius 2 is 2.09 bits per heavy atom. The molecular formula is C16H14N2O3S2. The fraction of sp³-hybridized carbons (Fsp3) is 0.188. The van der Waals surface area contributed by atoms with Crippen LogP contribution in [-0.4, -0.2) is 23.0 Å². The summed E-state index contributed by atoms with van der Waals surface area (Å²) in [5.41, 5.74) is 1.44. The van der Waals surface area contributed by atoms with Gasteiger partial charge >= 0.3 is 5.97 Å². The van der Waals surface area contributed by atoms with Crippen LogP contribution in [0.4, 0.5) is 0 Å². The van der Waals surface area contributed by atoms with Crippen molar-refractivity contribution in [2.75, 3.05) is 7.11 Å². The standard InChI is InChI=1S/C16H14N2O3S2/c1-9-7-12-13(19)17-16(18-14(12)23-9)22-8-10-3-5-11(6-4-10)15(20)21-2/h3-7H,8H2,1-2H3,(H,17,18,19). The molecule has 0 aliphatic carbocycles. The van der Waals surface area contributed by atoms with E-state index in [1.165, 1.54) is 30.2 Å². The lowest BCUT2D eigenvalue weighted by atomic mass is 10.1. The number of benzene rings is 1. The van der Waals surface area contributed by atoms with Crippen molar-refractivity contribution in [2.45, 2.75) is 17.8 Å². The van der Waals surface area contributed by atoms with Crippen LogP contribution in [0.15, 0.2) is 40.3 Å². The number of thioether (sulfide) groups is 1. The topological polar surface area (TPSA) is 72.0 Å². The van der Waals surface area contributed by atoms with Gasteiger partial charge in [0, 0.05) is 10.6 Å². The van der Waals surface area contributed by atoms with Crippen molar-refractivity contribution >= 4 is 39.3 Å². The summed E-state index contributed by atoms with van der Waals surface area (Å²) in [6, 6.07) is 9.04. The highest BCUT2D eigenvalue weighted by molar-refractivity contribution is 7.98. The number of thiophene rings is 1. The zero-order chi connectivity index (χ0) is 16.4. The maximum absolute atomic E-state index is 12.0. The molecule has 3 aromatic rings. The summed E-state index contributed by atoms with van der Waals surface area (Å²) in [4.78, 5) is 32.5. The van der Waals surface area contributed by atoms with Crippen LogP contribution >= 0.6 is 23.1 Å². The molecule has 23 heavy (non-hydrogen) atoms. The second-order valence-corrected chi connectivity index (χ2v) is 7.12. The molecule has 0 aliphatic heterocycles. The summed E-state index contributed by atoms with van der Waals surface area (Å²) < 4.78 is 4.67. The Morgan fingerprint density at radius 1 is 1.35 bits per heavy atom. The van der Waals surface area contributed by atoms with Gasteiger partial charge in [-0.1, -0.05) is 23.9 Å². The molecule has 0 saturated carbocycles. The minimum atomic E-state index is -0.353. The normalized spacial score (nSPS) is 10.9. The van der Waals surface area contributed by atoms with Crippen LogP contribution in [-0.2, 0) is 10.5 Å².